The van der Waals surface area contributed by atoms with E-state index >= 15 is 0 Å². The molecule has 29 heavy (non-hydrogen) atoms. The van der Waals surface area contributed by atoms with Crippen LogP contribution in [0.2, 0.25) is 0 Å². The minimum absolute atomic E-state index is 0.147. The first-order valence-electron chi connectivity index (χ1n) is 8.96. The van der Waals surface area contributed by atoms with Crippen LogP contribution in [0.15, 0.2) is 59.6 Å². The van der Waals surface area contributed by atoms with Crippen LogP contribution in [0.5, 0.6) is 0 Å². The van der Waals surface area contributed by atoms with Gasteiger partial charge in [-0.05, 0) is 31.2 Å². The van der Waals surface area contributed by atoms with Crippen LogP contribution in [0.3, 0.4) is 0 Å². The number of thioether (sulfide) groups is 1. The van der Waals surface area contributed by atoms with Gasteiger partial charge in [-0.1, -0.05) is 36.0 Å². The maximum atomic E-state index is 13.3. The number of aryl methyl sites for hydroxylation is 2. The number of nitrogens with one attached hydrogen (secondary N) is 1. The van der Waals surface area contributed by atoms with E-state index in [0.717, 1.165) is 22.0 Å². The summed E-state index contributed by atoms with van der Waals surface area (Å²) in [5, 5.41) is 18.2. The van der Waals surface area contributed by atoms with Gasteiger partial charge < -0.3 is 5.32 Å². The molecule has 4 rings (SSSR count). The molecule has 1 amide bonds. The van der Waals surface area contributed by atoms with Gasteiger partial charge in [-0.2, -0.15) is 5.10 Å². The van der Waals surface area contributed by atoms with Crippen molar-refractivity contribution in [3.63, 3.8) is 0 Å². The Balaban J connectivity index is 1.57. The number of benzene rings is 2. The van der Waals surface area contributed by atoms with Crippen molar-refractivity contribution in [3.05, 3.63) is 66.1 Å². The highest BCUT2D eigenvalue weighted by Crippen LogP contribution is 2.31. The fourth-order valence-corrected chi connectivity index (χ4v) is 3.82. The number of aromatic nitrogens is 4. The molecule has 0 aliphatic carbocycles. The number of halogens is 1. The Morgan fingerprint density at radius 2 is 1.83 bits per heavy atom. The number of amides is 1. The first kappa shape index (κ1) is 19.1. The molecule has 0 spiro atoms. The molecular weight excluding hydrogens is 389 g/mol. The summed E-state index contributed by atoms with van der Waals surface area (Å²) < 4.78 is 14.9. The topological polar surface area (TPSA) is 72.7 Å². The van der Waals surface area contributed by atoms with E-state index in [9.17, 15) is 9.18 Å². The van der Waals surface area contributed by atoms with Crippen molar-refractivity contribution >= 4 is 34.3 Å². The lowest BCUT2D eigenvalue weighted by Crippen LogP contribution is -2.16. The second-order valence-corrected chi connectivity index (χ2v) is 7.50. The second-order valence-electron chi connectivity index (χ2n) is 6.54. The van der Waals surface area contributed by atoms with Crippen LogP contribution in [0, 0.1) is 12.7 Å². The van der Waals surface area contributed by atoms with Crippen LogP contribution in [0.4, 0.5) is 10.2 Å². The molecule has 1 N–H and O–H groups in total. The molecule has 0 atom stereocenters. The summed E-state index contributed by atoms with van der Waals surface area (Å²) >= 11 is 1.32. The van der Waals surface area contributed by atoms with Gasteiger partial charge in [0.25, 0.3) is 0 Å². The van der Waals surface area contributed by atoms with Crippen LogP contribution < -0.4 is 5.32 Å². The SMILES string of the molecule is Cc1cc(NC(=O)CSc2nnc(-c3ccc(F)cc3)c3ccccc23)n(C)n1. The molecule has 0 unspecified atom stereocenters. The highest BCUT2D eigenvalue weighted by Gasteiger charge is 2.14. The van der Waals surface area contributed by atoms with E-state index in [0.29, 0.717) is 16.5 Å². The Morgan fingerprint density at radius 3 is 2.52 bits per heavy atom. The van der Waals surface area contributed by atoms with Crippen LogP contribution in [-0.2, 0) is 11.8 Å². The number of fused-ring (bicyclic) bond motifs is 1. The highest BCUT2D eigenvalue weighted by atomic mass is 32.2. The Hall–Kier alpha value is -3.26. The van der Waals surface area contributed by atoms with Crippen LogP contribution >= 0.6 is 11.8 Å². The molecule has 2 aromatic heterocycles. The summed E-state index contributed by atoms with van der Waals surface area (Å²) in [6, 6.07) is 15.7. The molecule has 4 aromatic rings. The van der Waals surface area contributed by atoms with Gasteiger partial charge in [0, 0.05) is 29.4 Å². The molecular formula is C21H18FN5OS. The third-order valence-electron chi connectivity index (χ3n) is 4.38. The van der Waals surface area contributed by atoms with Crippen molar-refractivity contribution < 1.29 is 9.18 Å². The number of carbonyl (C=O) groups excluding carboxylic acids is 1. The van der Waals surface area contributed by atoms with E-state index in [1.165, 1.54) is 23.9 Å². The molecule has 0 saturated heterocycles. The zero-order chi connectivity index (χ0) is 20.4. The normalized spacial score (nSPS) is 11.0. The molecule has 0 radical (unpaired) electrons. The maximum Gasteiger partial charge on any atom is 0.235 e. The van der Waals surface area contributed by atoms with Gasteiger partial charge in [0.2, 0.25) is 5.91 Å². The zero-order valence-electron chi connectivity index (χ0n) is 15.9. The van der Waals surface area contributed by atoms with Crippen LogP contribution in [0.1, 0.15) is 5.69 Å². The van der Waals surface area contributed by atoms with Gasteiger partial charge in [-0.25, -0.2) is 4.39 Å². The number of hydrogen-bond donors (Lipinski definition) is 1. The maximum absolute atomic E-state index is 13.3. The van der Waals surface area contributed by atoms with E-state index in [-0.39, 0.29) is 17.5 Å². The molecule has 0 aliphatic rings. The molecule has 2 aromatic carbocycles. The van der Waals surface area contributed by atoms with Crippen molar-refractivity contribution in [2.75, 3.05) is 11.1 Å². The van der Waals surface area contributed by atoms with Crippen molar-refractivity contribution in [2.45, 2.75) is 11.9 Å². The molecule has 0 aliphatic heterocycles. The van der Waals surface area contributed by atoms with Gasteiger partial charge in [-0.15, -0.1) is 10.2 Å². The first-order valence-corrected chi connectivity index (χ1v) is 9.94. The van der Waals surface area contributed by atoms with E-state index < -0.39 is 0 Å². The van der Waals surface area contributed by atoms with E-state index in [1.807, 2.05) is 37.3 Å². The lowest BCUT2D eigenvalue weighted by Gasteiger charge is -2.09. The van der Waals surface area contributed by atoms with Crippen molar-refractivity contribution in [2.24, 2.45) is 7.05 Å². The first-order chi connectivity index (χ1) is 14.0. The van der Waals surface area contributed by atoms with Gasteiger partial charge in [0.1, 0.15) is 22.4 Å². The molecule has 0 saturated carbocycles. The highest BCUT2D eigenvalue weighted by molar-refractivity contribution is 8.00. The molecule has 6 nitrogen and oxygen atoms in total. The third kappa shape index (κ3) is 4.12. The Bertz CT molecular complexity index is 1190. The number of rotatable bonds is 5. The zero-order valence-corrected chi connectivity index (χ0v) is 16.7. The molecule has 0 bridgehead atoms. The smallest absolute Gasteiger partial charge is 0.235 e. The summed E-state index contributed by atoms with van der Waals surface area (Å²) in [4.78, 5) is 12.3. The summed E-state index contributed by atoms with van der Waals surface area (Å²) in [5.74, 6) is 0.397. The van der Waals surface area contributed by atoms with Gasteiger partial charge in [0.05, 0.1) is 11.4 Å². The van der Waals surface area contributed by atoms with E-state index in [1.54, 1.807) is 23.9 Å². The summed E-state index contributed by atoms with van der Waals surface area (Å²) in [5.41, 5.74) is 2.31. The average Bonchev–Trinajstić information content (AvgIpc) is 3.03. The molecule has 8 heteroatoms. The minimum atomic E-state index is -0.298. The Morgan fingerprint density at radius 1 is 1.10 bits per heavy atom. The predicted octanol–water partition coefficient (Wildman–Crippen LogP) is 4.21. The lowest BCUT2D eigenvalue weighted by molar-refractivity contribution is -0.113. The third-order valence-corrected chi connectivity index (χ3v) is 5.36. The van der Waals surface area contributed by atoms with E-state index in [2.05, 4.69) is 20.6 Å². The number of nitrogens with zero attached hydrogens (tertiary/aromatic N) is 4. The second kappa shape index (κ2) is 8.00. The van der Waals surface area contributed by atoms with Crippen LogP contribution in [0.25, 0.3) is 22.0 Å². The van der Waals surface area contributed by atoms with Gasteiger partial charge in [-0.3, -0.25) is 9.48 Å². The van der Waals surface area contributed by atoms with E-state index in [4.69, 9.17) is 0 Å². The Labute approximate surface area is 171 Å². The fourth-order valence-electron chi connectivity index (χ4n) is 3.05. The molecule has 2 heterocycles. The van der Waals surface area contributed by atoms with Crippen molar-refractivity contribution in [1.29, 1.82) is 0 Å². The summed E-state index contributed by atoms with van der Waals surface area (Å²) in [7, 11) is 1.78. The Kier molecular flexibility index (Phi) is 5.26. The minimum Gasteiger partial charge on any atom is -0.310 e. The quantitative estimate of drug-likeness (QED) is 0.502. The number of hydrogen-bond acceptors (Lipinski definition) is 5. The molecule has 146 valence electrons. The lowest BCUT2D eigenvalue weighted by atomic mass is 10.1. The summed E-state index contributed by atoms with van der Waals surface area (Å²) in [6.07, 6.45) is 0. The van der Waals surface area contributed by atoms with Crippen molar-refractivity contribution in [3.8, 4) is 11.3 Å². The van der Waals surface area contributed by atoms with Gasteiger partial charge >= 0.3 is 0 Å². The van der Waals surface area contributed by atoms with Gasteiger partial charge in [0.15, 0.2) is 0 Å². The number of anilines is 1. The largest absolute Gasteiger partial charge is 0.310 e. The predicted molar refractivity (Wildman–Crippen MR) is 112 cm³/mol. The molecule has 0 fully saturated rings. The number of carbonyl (C=O) groups is 1. The standard InChI is InChI=1S/C21H18FN5OS/c1-13-11-18(27(2)26-13)23-19(28)12-29-21-17-6-4-3-5-16(17)20(24-25-21)14-7-9-15(22)10-8-14/h3-11H,12H2,1-2H3,(H,23,28). The van der Waals surface area contributed by atoms with Crippen LogP contribution in [-0.4, -0.2) is 31.6 Å². The fraction of sp³-hybridized carbons (Fsp3) is 0.143. The monoisotopic (exact) mass is 407 g/mol. The summed E-state index contributed by atoms with van der Waals surface area (Å²) in [6.45, 7) is 1.87. The average molecular weight is 407 g/mol. The van der Waals surface area contributed by atoms with Crippen molar-refractivity contribution in [1.82, 2.24) is 20.0 Å².